The number of carbonyl (C=O) groups excluding carboxylic acids is 1. The summed E-state index contributed by atoms with van der Waals surface area (Å²) < 4.78 is 10.8. The molecule has 0 aliphatic heterocycles. The maximum Gasteiger partial charge on any atom is 0.257 e. The summed E-state index contributed by atoms with van der Waals surface area (Å²) in [5.41, 5.74) is 6.87. The van der Waals surface area contributed by atoms with Crippen molar-refractivity contribution in [3.8, 4) is 11.5 Å². The van der Waals surface area contributed by atoms with Crippen molar-refractivity contribution in [2.75, 3.05) is 20.3 Å². The van der Waals surface area contributed by atoms with Crippen molar-refractivity contribution >= 4 is 5.91 Å². The molecule has 3 N–H and O–H groups in total. The smallest absolute Gasteiger partial charge is 0.257 e. The zero-order valence-electron chi connectivity index (χ0n) is 13.1. The van der Waals surface area contributed by atoms with Crippen molar-refractivity contribution in [2.45, 2.75) is 39.2 Å². The number of benzene rings is 1. The number of carbonyl (C=O) groups is 1. The van der Waals surface area contributed by atoms with E-state index in [-0.39, 0.29) is 18.6 Å². The second-order valence-corrected chi connectivity index (χ2v) is 5.16. The molecule has 1 aromatic carbocycles. The zero-order chi connectivity index (χ0) is 15.7. The van der Waals surface area contributed by atoms with E-state index in [9.17, 15) is 4.79 Å². The Hall–Kier alpha value is -1.75. The Balaban J connectivity index is 2.56. The van der Waals surface area contributed by atoms with Crippen LogP contribution in [0.15, 0.2) is 18.2 Å². The molecule has 0 radical (unpaired) electrons. The van der Waals surface area contributed by atoms with Crippen LogP contribution in [0.4, 0.5) is 0 Å². The summed E-state index contributed by atoms with van der Waals surface area (Å²) in [5, 5.41) is 2.81. The van der Waals surface area contributed by atoms with Crippen LogP contribution in [0.1, 0.15) is 32.3 Å². The first-order chi connectivity index (χ1) is 10.1. The molecular formula is C16H26N2O3. The number of nitrogens with one attached hydrogen (secondary N) is 1. The molecule has 1 unspecified atom stereocenters. The van der Waals surface area contributed by atoms with Crippen molar-refractivity contribution in [1.29, 1.82) is 0 Å². The minimum atomic E-state index is -0.120. The summed E-state index contributed by atoms with van der Waals surface area (Å²) in [6.45, 7) is 4.71. The Labute approximate surface area is 126 Å². The lowest BCUT2D eigenvalue weighted by Gasteiger charge is -2.13. The van der Waals surface area contributed by atoms with Gasteiger partial charge in [-0.3, -0.25) is 4.79 Å². The van der Waals surface area contributed by atoms with Crippen LogP contribution >= 0.6 is 0 Å². The highest BCUT2D eigenvalue weighted by Gasteiger charge is 2.09. The number of ether oxygens (including phenoxy) is 2. The van der Waals surface area contributed by atoms with E-state index < -0.39 is 0 Å². The summed E-state index contributed by atoms with van der Waals surface area (Å²) in [7, 11) is 1.58. The third-order valence-electron chi connectivity index (χ3n) is 3.00. The topological polar surface area (TPSA) is 73.6 Å². The van der Waals surface area contributed by atoms with Crippen LogP contribution in [-0.4, -0.2) is 32.2 Å². The average molecular weight is 294 g/mol. The molecule has 1 rings (SSSR count). The Morgan fingerprint density at radius 1 is 1.38 bits per heavy atom. The van der Waals surface area contributed by atoms with Gasteiger partial charge in [0.25, 0.3) is 5.91 Å². The first-order valence-electron chi connectivity index (χ1n) is 7.38. The molecular weight excluding hydrogens is 268 g/mol. The lowest BCUT2D eigenvalue weighted by atomic mass is 10.1. The van der Waals surface area contributed by atoms with Crippen LogP contribution in [0.2, 0.25) is 0 Å². The van der Waals surface area contributed by atoms with Crippen molar-refractivity contribution in [1.82, 2.24) is 5.32 Å². The van der Waals surface area contributed by atoms with Gasteiger partial charge in [0.15, 0.2) is 18.1 Å². The molecule has 0 bridgehead atoms. The van der Waals surface area contributed by atoms with Crippen molar-refractivity contribution in [3.05, 3.63) is 23.8 Å². The first kappa shape index (κ1) is 17.3. The first-order valence-corrected chi connectivity index (χ1v) is 7.38. The van der Waals surface area contributed by atoms with Gasteiger partial charge < -0.3 is 20.5 Å². The molecule has 5 nitrogen and oxygen atoms in total. The fourth-order valence-electron chi connectivity index (χ4n) is 1.93. The van der Waals surface area contributed by atoms with Gasteiger partial charge in [0, 0.05) is 12.6 Å². The number of hydrogen-bond donors (Lipinski definition) is 2. The van der Waals surface area contributed by atoms with E-state index in [2.05, 4.69) is 12.2 Å². The summed E-state index contributed by atoms with van der Waals surface area (Å²) >= 11 is 0. The molecule has 21 heavy (non-hydrogen) atoms. The Bertz CT molecular complexity index is 447. The lowest BCUT2D eigenvalue weighted by molar-refractivity contribution is -0.123. The number of unbranched alkanes of at least 4 members (excludes halogenated alkanes) is 1. The maximum atomic E-state index is 11.6. The molecule has 0 aliphatic rings. The summed E-state index contributed by atoms with van der Waals surface area (Å²) in [6, 6.07) is 5.74. The van der Waals surface area contributed by atoms with Gasteiger partial charge in [0.05, 0.1) is 7.11 Å². The summed E-state index contributed by atoms with van der Waals surface area (Å²) in [4.78, 5) is 11.6. The second-order valence-electron chi connectivity index (χ2n) is 5.16. The fraction of sp³-hybridized carbons (Fsp3) is 0.562. The predicted molar refractivity (Wildman–Crippen MR) is 83.8 cm³/mol. The van der Waals surface area contributed by atoms with E-state index in [0.29, 0.717) is 18.0 Å². The van der Waals surface area contributed by atoms with Gasteiger partial charge in [-0.1, -0.05) is 19.4 Å². The number of methoxy groups -OCH3 is 1. The van der Waals surface area contributed by atoms with Crippen molar-refractivity contribution in [2.24, 2.45) is 5.73 Å². The van der Waals surface area contributed by atoms with Crippen LogP contribution in [-0.2, 0) is 11.2 Å². The molecule has 0 spiro atoms. The Morgan fingerprint density at radius 2 is 2.14 bits per heavy atom. The summed E-state index contributed by atoms with van der Waals surface area (Å²) in [5.74, 6) is 1.07. The molecule has 0 fully saturated rings. The van der Waals surface area contributed by atoms with Crippen LogP contribution in [0, 0.1) is 0 Å². The highest BCUT2D eigenvalue weighted by molar-refractivity contribution is 5.77. The van der Waals surface area contributed by atoms with Gasteiger partial charge >= 0.3 is 0 Å². The standard InChI is InChI=1S/C16H26N2O3/c1-4-5-8-18-16(19)11-21-14-7-6-13(9-12(2)17)10-15(14)20-3/h6-7,10,12H,4-5,8-9,11,17H2,1-3H3,(H,18,19). The highest BCUT2D eigenvalue weighted by atomic mass is 16.5. The Morgan fingerprint density at radius 3 is 2.76 bits per heavy atom. The van der Waals surface area contributed by atoms with E-state index in [4.69, 9.17) is 15.2 Å². The van der Waals surface area contributed by atoms with Gasteiger partial charge in [0.2, 0.25) is 0 Å². The minimum Gasteiger partial charge on any atom is -0.493 e. The van der Waals surface area contributed by atoms with Gasteiger partial charge in [-0.25, -0.2) is 0 Å². The van der Waals surface area contributed by atoms with Crippen molar-refractivity contribution in [3.63, 3.8) is 0 Å². The summed E-state index contributed by atoms with van der Waals surface area (Å²) in [6.07, 6.45) is 2.80. The van der Waals surface area contributed by atoms with Crippen LogP contribution < -0.4 is 20.5 Å². The molecule has 0 saturated carbocycles. The third-order valence-corrected chi connectivity index (χ3v) is 3.00. The molecule has 1 amide bonds. The normalized spacial score (nSPS) is 11.8. The number of nitrogens with two attached hydrogens (primary N) is 1. The average Bonchev–Trinajstić information content (AvgIpc) is 2.45. The molecule has 0 aromatic heterocycles. The molecule has 1 aromatic rings. The van der Waals surface area contributed by atoms with Gasteiger partial charge in [0.1, 0.15) is 0 Å². The quantitative estimate of drug-likeness (QED) is 0.682. The maximum absolute atomic E-state index is 11.6. The van der Waals surface area contributed by atoms with Gasteiger partial charge in [-0.15, -0.1) is 0 Å². The molecule has 118 valence electrons. The molecule has 5 heteroatoms. The SMILES string of the molecule is CCCCNC(=O)COc1ccc(CC(C)N)cc1OC. The lowest BCUT2D eigenvalue weighted by Crippen LogP contribution is -2.29. The second kappa shape index (κ2) is 9.23. The van der Waals surface area contributed by atoms with Gasteiger partial charge in [-0.05, 0) is 37.5 Å². The third kappa shape index (κ3) is 6.49. The number of amides is 1. The van der Waals surface area contributed by atoms with Crippen LogP contribution in [0.5, 0.6) is 11.5 Å². The largest absolute Gasteiger partial charge is 0.493 e. The highest BCUT2D eigenvalue weighted by Crippen LogP contribution is 2.28. The van der Waals surface area contributed by atoms with E-state index in [1.807, 2.05) is 25.1 Å². The monoisotopic (exact) mass is 294 g/mol. The van der Waals surface area contributed by atoms with E-state index in [1.54, 1.807) is 7.11 Å². The molecule has 0 aliphatic carbocycles. The van der Waals surface area contributed by atoms with Crippen LogP contribution in [0.3, 0.4) is 0 Å². The minimum absolute atomic E-state index is 0.00723. The van der Waals surface area contributed by atoms with E-state index >= 15 is 0 Å². The van der Waals surface area contributed by atoms with Gasteiger partial charge in [-0.2, -0.15) is 0 Å². The van der Waals surface area contributed by atoms with E-state index in [1.165, 1.54) is 0 Å². The number of rotatable bonds is 9. The Kier molecular flexibility index (Phi) is 7.61. The fourth-order valence-corrected chi connectivity index (χ4v) is 1.93. The number of hydrogen-bond acceptors (Lipinski definition) is 4. The molecule has 0 saturated heterocycles. The molecule has 1 atom stereocenters. The van der Waals surface area contributed by atoms with Crippen molar-refractivity contribution < 1.29 is 14.3 Å². The van der Waals surface area contributed by atoms with E-state index in [0.717, 1.165) is 24.8 Å². The predicted octanol–water partition coefficient (Wildman–Crippen LogP) is 1.88. The molecule has 0 heterocycles. The van der Waals surface area contributed by atoms with Crippen LogP contribution in [0.25, 0.3) is 0 Å². The zero-order valence-corrected chi connectivity index (χ0v) is 13.1.